The summed E-state index contributed by atoms with van der Waals surface area (Å²) in [6, 6.07) is 1.64. The Labute approximate surface area is 108 Å². The molecule has 0 amide bonds. The first-order chi connectivity index (χ1) is 8.90. The van der Waals surface area contributed by atoms with Gasteiger partial charge >= 0.3 is 5.69 Å². The summed E-state index contributed by atoms with van der Waals surface area (Å²) in [5, 5.41) is 38.4. The van der Waals surface area contributed by atoms with Crippen LogP contribution in [0.2, 0.25) is 0 Å². The first-order valence-electron chi connectivity index (χ1n) is 4.65. The quantitative estimate of drug-likeness (QED) is 0.629. The number of aromatic hydroxyl groups is 1. The molecule has 0 fully saturated rings. The van der Waals surface area contributed by atoms with E-state index >= 15 is 0 Å². The first kappa shape index (κ1) is 12.6. The second kappa shape index (κ2) is 4.45. The molecule has 0 radical (unpaired) electrons. The van der Waals surface area contributed by atoms with E-state index in [0.717, 1.165) is 17.4 Å². The molecule has 0 aliphatic heterocycles. The van der Waals surface area contributed by atoms with Crippen molar-refractivity contribution < 1.29 is 15.0 Å². The molecule has 1 aromatic heterocycles. The highest BCUT2D eigenvalue weighted by atomic mass is 32.1. The summed E-state index contributed by atoms with van der Waals surface area (Å²) in [6.07, 6.45) is 0. The zero-order chi connectivity index (χ0) is 14.2. The molecule has 0 aliphatic carbocycles. The third-order valence-electron chi connectivity index (χ3n) is 2.15. The highest BCUT2D eigenvalue weighted by Crippen LogP contribution is 2.41. The topological polar surface area (TPSA) is 158 Å². The summed E-state index contributed by atoms with van der Waals surface area (Å²) in [4.78, 5) is 19.7. The third-order valence-corrected chi connectivity index (χ3v) is 2.94. The average molecular weight is 283 g/mol. The number of hydrogen-bond donors (Lipinski definition) is 2. The lowest BCUT2D eigenvalue weighted by Gasteiger charge is -2.01. The minimum absolute atomic E-state index is 0.0572. The lowest BCUT2D eigenvalue weighted by atomic mass is 10.1. The van der Waals surface area contributed by atoms with Crippen molar-refractivity contribution in [3.05, 3.63) is 32.4 Å². The van der Waals surface area contributed by atoms with E-state index in [0.29, 0.717) is 6.07 Å². The Balaban J connectivity index is 2.72. The average Bonchev–Trinajstić information content (AvgIpc) is 2.75. The summed E-state index contributed by atoms with van der Waals surface area (Å²) >= 11 is 0.846. The summed E-state index contributed by atoms with van der Waals surface area (Å²) in [7, 11) is 0. The fourth-order valence-electron chi connectivity index (χ4n) is 1.36. The molecule has 0 spiro atoms. The Kier molecular flexibility index (Phi) is 2.96. The largest absolute Gasteiger partial charge is 0.502 e. The van der Waals surface area contributed by atoms with Gasteiger partial charge in [0.2, 0.25) is 10.9 Å². The minimum Gasteiger partial charge on any atom is -0.502 e. The lowest BCUT2D eigenvalue weighted by Crippen LogP contribution is -1.95. The Morgan fingerprint density at radius 1 is 1.21 bits per heavy atom. The second-order valence-electron chi connectivity index (χ2n) is 3.32. The summed E-state index contributed by atoms with van der Waals surface area (Å²) in [5.74, 6) is -0.716. The number of non-ortho nitro benzene ring substituents is 1. The van der Waals surface area contributed by atoms with Crippen LogP contribution in [0.15, 0.2) is 12.1 Å². The number of phenols is 1. The van der Waals surface area contributed by atoms with Crippen molar-refractivity contribution in [2.45, 2.75) is 0 Å². The van der Waals surface area contributed by atoms with Gasteiger partial charge in [-0.2, -0.15) is 0 Å². The lowest BCUT2D eigenvalue weighted by molar-refractivity contribution is -0.394. The maximum Gasteiger partial charge on any atom is 0.318 e. The van der Waals surface area contributed by atoms with Crippen LogP contribution in [0.3, 0.4) is 0 Å². The van der Waals surface area contributed by atoms with Crippen molar-refractivity contribution in [1.29, 1.82) is 0 Å². The number of nitrogens with two attached hydrogens (primary N) is 1. The van der Waals surface area contributed by atoms with E-state index in [1.807, 2.05) is 0 Å². The van der Waals surface area contributed by atoms with Gasteiger partial charge in [-0.3, -0.25) is 20.2 Å². The van der Waals surface area contributed by atoms with Crippen molar-refractivity contribution in [2.24, 2.45) is 0 Å². The fourth-order valence-corrected chi connectivity index (χ4v) is 1.98. The first-order valence-corrected chi connectivity index (χ1v) is 5.47. The van der Waals surface area contributed by atoms with Crippen LogP contribution < -0.4 is 5.73 Å². The Hall–Kier alpha value is -2.82. The van der Waals surface area contributed by atoms with Crippen molar-refractivity contribution in [3.63, 3.8) is 0 Å². The van der Waals surface area contributed by atoms with Gasteiger partial charge in [0.15, 0.2) is 5.01 Å². The van der Waals surface area contributed by atoms with E-state index in [-0.39, 0.29) is 15.7 Å². The van der Waals surface area contributed by atoms with Crippen molar-refractivity contribution in [2.75, 3.05) is 5.73 Å². The number of benzene rings is 1. The molecule has 2 aromatic rings. The van der Waals surface area contributed by atoms with Gasteiger partial charge in [-0.15, -0.1) is 10.2 Å². The molecule has 0 saturated carbocycles. The number of aromatic nitrogens is 2. The highest BCUT2D eigenvalue weighted by molar-refractivity contribution is 7.18. The number of nitro benzene ring substituents is 2. The SMILES string of the molecule is Nc1nnc(-c2cc([N+](=O)[O-])cc([N+](=O)[O-])c2O)s1. The van der Waals surface area contributed by atoms with Gasteiger partial charge in [-0.25, -0.2) is 0 Å². The Morgan fingerprint density at radius 2 is 1.89 bits per heavy atom. The number of nitro groups is 2. The molecule has 0 atom stereocenters. The molecule has 0 aliphatic rings. The van der Waals surface area contributed by atoms with Crippen molar-refractivity contribution in [3.8, 4) is 16.3 Å². The molecule has 10 nitrogen and oxygen atoms in total. The molecular weight excluding hydrogens is 278 g/mol. The van der Waals surface area contributed by atoms with Gasteiger partial charge in [-0.1, -0.05) is 11.3 Å². The summed E-state index contributed by atoms with van der Waals surface area (Å²) in [5.41, 5.74) is 3.89. The smallest absolute Gasteiger partial charge is 0.318 e. The minimum atomic E-state index is -0.920. The molecule has 2 rings (SSSR count). The zero-order valence-corrected chi connectivity index (χ0v) is 9.83. The molecular formula is C8H5N5O5S. The number of anilines is 1. The van der Waals surface area contributed by atoms with E-state index in [4.69, 9.17) is 5.73 Å². The number of phenolic OH excluding ortho intramolecular Hbond substituents is 1. The van der Waals surface area contributed by atoms with E-state index in [9.17, 15) is 25.3 Å². The van der Waals surface area contributed by atoms with Gasteiger partial charge in [-0.05, 0) is 0 Å². The summed E-state index contributed by atoms with van der Waals surface area (Å²) < 4.78 is 0. The van der Waals surface area contributed by atoms with Crippen molar-refractivity contribution >= 4 is 27.8 Å². The number of nitrogens with zero attached hydrogens (tertiary/aromatic N) is 4. The van der Waals surface area contributed by atoms with Gasteiger partial charge in [0.05, 0.1) is 21.5 Å². The summed E-state index contributed by atoms with van der Waals surface area (Å²) in [6.45, 7) is 0. The maximum absolute atomic E-state index is 10.8. The van der Waals surface area contributed by atoms with E-state index in [2.05, 4.69) is 10.2 Å². The number of rotatable bonds is 3. The van der Waals surface area contributed by atoms with Gasteiger partial charge < -0.3 is 10.8 Å². The van der Waals surface area contributed by atoms with Crippen LogP contribution in [-0.4, -0.2) is 25.2 Å². The molecule has 11 heteroatoms. The molecule has 1 aromatic carbocycles. The van der Waals surface area contributed by atoms with E-state index in [1.54, 1.807) is 0 Å². The van der Waals surface area contributed by atoms with Crippen LogP contribution in [0.5, 0.6) is 5.75 Å². The zero-order valence-electron chi connectivity index (χ0n) is 9.01. The van der Waals surface area contributed by atoms with Crippen molar-refractivity contribution in [1.82, 2.24) is 10.2 Å². The Bertz CT molecular complexity index is 684. The van der Waals surface area contributed by atoms with Crippen LogP contribution in [0.25, 0.3) is 10.6 Å². The van der Waals surface area contributed by atoms with Crippen LogP contribution in [0, 0.1) is 20.2 Å². The van der Waals surface area contributed by atoms with Crippen LogP contribution in [0.4, 0.5) is 16.5 Å². The molecule has 19 heavy (non-hydrogen) atoms. The standard InChI is InChI=1S/C8H5N5O5S/c9-8-11-10-7(19-8)4-1-3(12(15)16)2-5(6(4)14)13(17)18/h1-2,14H,(H2,9,11). The molecule has 0 unspecified atom stereocenters. The molecule has 1 heterocycles. The maximum atomic E-state index is 10.8. The normalized spacial score (nSPS) is 10.3. The second-order valence-corrected chi connectivity index (χ2v) is 4.33. The van der Waals surface area contributed by atoms with E-state index in [1.165, 1.54) is 0 Å². The monoisotopic (exact) mass is 283 g/mol. The fraction of sp³-hybridized carbons (Fsp3) is 0. The number of nitrogen functional groups attached to an aromatic ring is 1. The molecule has 3 N–H and O–H groups in total. The molecule has 98 valence electrons. The Morgan fingerprint density at radius 3 is 2.37 bits per heavy atom. The number of hydrogen-bond acceptors (Lipinski definition) is 9. The van der Waals surface area contributed by atoms with Gasteiger partial charge in [0.1, 0.15) is 0 Å². The van der Waals surface area contributed by atoms with Gasteiger partial charge in [0.25, 0.3) is 5.69 Å². The van der Waals surface area contributed by atoms with Crippen LogP contribution in [-0.2, 0) is 0 Å². The third kappa shape index (κ3) is 2.26. The molecule has 0 bridgehead atoms. The van der Waals surface area contributed by atoms with Gasteiger partial charge in [0, 0.05) is 6.07 Å². The van der Waals surface area contributed by atoms with E-state index < -0.39 is 27.0 Å². The van der Waals surface area contributed by atoms with Crippen LogP contribution in [0.1, 0.15) is 0 Å². The molecule has 0 saturated heterocycles. The highest BCUT2D eigenvalue weighted by Gasteiger charge is 2.26. The predicted octanol–water partition coefficient (Wildman–Crippen LogP) is 1.31. The predicted molar refractivity (Wildman–Crippen MR) is 64.7 cm³/mol. The van der Waals surface area contributed by atoms with Crippen LogP contribution >= 0.6 is 11.3 Å².